The van der Waals surface area contributed by atoms with E-state index in [2.05, 4.69) is 10.2 Å². The number of nitrogens with zero attached hydrogens (tertiary/aromatic N) is 4. The molecule has 2 heterocycles. The van der Waals surface area contributed by atoms with Crippen LogP contribution in [0.1, 0.15) is 5.56 Å². The molecule has 0 N–H and O–H groups in total. The van der Waals surface area contributed by atoms with Crippen molar-refractivity contribution in [3.05, 3.63) is 23.9 Å². The smallest absolute Gasteiger partial charge is 0.321 e. The van der Waals surface area contributed by atoms with E-state index in [1.165, 1.54) is 7.11 Å². The molecule has 0 amide bonds. The summed E-state index contributed by atoms with van der Waals surface area (Å²) >= 11 is 0. The lowest BCUT2D eigenvalue weighted by Gasteiger charge is -1.96. The van der Waals surface area contributed by atoms with Gasteiger partial charge in [0, 0.05) is 6.20 Å². The Morgan fingerprint density at radius 2 is 2.31 bits per heavy atom. The highest BCUT2D eigenvalue weighted by Crippen LogP contribution is 2.10. The van der Waals surface area contributed by atoms with Gasteiger partial charge >= 0.3 is 6.01 Å². The van der Waals surface area contributed by atoms with Crippen molar-refractivity contribution < 1.29 is 4.74 Å². The molecule has 0 aliphatic heterocycles. The van der Waals surface area contributed by atoms with E-state index in [1.54, 1.807) is 22.7 Å². The second kappa shape index (κ2) is 2.75. The highest BCUT2D eigenvalue weighted by molar-refractivity contribution is 5.43. The van der Waals surface area contributed by atoms with E-state index >= 15 is 0 Å². The van der Waals surface area contributed by atoms with Crippen LogP contribution in [0.3, 0.4) is 0 Å². The highest BCUT2D eigenvalue weighted by atomic mass is 16.5. The lowest BCUT2D eigenvalue weighted by atomic mass is 10.3. The summed E-state index contributed by atoms with van der Waals surface area (Å²) in [4.78, 5) is 0. The van der Waals surface area contributed by atoms with Crippen LogP contribution in [0.25, 0.3) is 5.65 Å². The Morgan fingerprint density at radius 3 is 3.00 bits per heavy atom. The third-order valence-corrected chi connectivity index (χ3v) is 1.68. The molecule has 5 nitrogen and oxygen atoms in total. The van der Waals surface area contributed by atoms with Gasteiger partial charge in [0.15, 0.2) is 5.65 Å². The molecule has 0 saturated heterocycles. The van der Waals surface area contributed by atoms with Crippen molar-refractivity contribution in [1.82, 2.24) is 14.6 Å². The highest BCUT2D eigenvalue weighted by Gasteiger charge is 2.04. The zero-order valence-corrected chi connectivity index (χ0v) is 6.93. The van der Waals surface area contributed by atoms with Gasteiger partial charge in [-0.15, -0.1) is 5.10 Å². The van der Waals surface area contributed by atoms with Gasteiger partial charge in [0.25, 0.3) is 0 Å². The van der Waals surface area contributed by atoms with E-state index in [9.17, 15) is 0 Å². The molecule has 0 spiro atoms. The number of ether oxygens (including phenoxy) is 1. The average Bonchev–Trinajstić information content (AvgIpc) is 2.59. The monoisotopic (exact) mass is 174 g/mol. The maximum atomic E-state index is 8.65. The number of aromatic nitrogens is 3. The van der Waals surface area contributed by atoms with E-state index in [0.29, 0.717) is 17.2 Å². The Bertz CT molecular complexity index is 482. The third kappa shape index (κ3) is 1.08. The lowest BCUT2D eigenvalue weighted by Crippen LogP contribution is -1.91. The molecule has 0 bridgehead atoms. The van der Waals surface area contributed by atoms with Gasteiger partial charge in [-0.1, -0.05) is 5.10 Å². The normalized spacial score (nSPS) is 9.85. The van der Waals surface area contributed by atoms with E-state index in [0.717, 1.165) is 0 Å². The molecule has 0 atom stereocenters. The average molecular weight is 174 g/mol. The molecule has 0 unspecified atom stereocenters. The van der Waals surface area contributed by atoms with Crippen LogP contribution in [-0.4, -0.2) is 21.7 Å². The molecule has 5 heteroatoms. The van der Waals surface area contributed by atoms with Gasteiger partial charge in [-0.25, -0.2) is 0 Å². The predicted octanol–water partition coefficient (Wildman–Crippen LogP) is 0.610. The van der Waals surface area contributed by atoms with E-state index in [1.807, 2.05) is 6.07 Å². The number of nitriles is 1. The number of methoxy groups -OCH3 is 1. The third-order valence-electron chi connectivity index (χ3n) is 1.68. The van der Waals surface area contributed by atoms with Crippen LogP contribution in [0.5, 0.6) is 6.01 Å². The molecule has 13 heavy (non-hydrogen) atoms. The summed E-state index contributed by atoms with van der Waals surface area (Å²) in [5.41, 5.74) is 1.21. The first-order valence-corrected chi connectivity index (χ1v) is 3.64. The van der Waals surface area contributed by atoms with Crippen LogP contribution in [0.4, 0.5) is 0 Å². The summed E-state index contributed by atoms with van der Waals surface area (Å²) in [5.74, 6) is 0. The molecule has 0 saturated carbocycles. The summed E-state index contributed by atoms with van der Waals surface area (Å²) in [7, 11) is 1.51. The number of pyridine rings is 1. The molecule has 2 rings (SSSR count). The summed E-state index contributed by atoms with van der Waals surface area (Å²) in [6.45, 7) is 0. The quantitative estimate of drug-likeness (QED) is 0.635. The van der Waals surface area contributed by atoms with Gasteiger partial charge in [-0.2, -0.15) is 5.26 Å². The van der Waals surface area contributed by atoms with Crippen molar-refractivity contribution in [3.8, 4) is 12.1 Å². The van der Waals surface area contributed by atoms with Gasteiger partial charge < -0.3 is 4.74 Å². The summed E-state index contributed by atoms with van der Waals surface area (Å²) in [6, 6.07) is 5.81. The standard InChI is InChI=1S/C8H6N4O/c1-13-8-11-10-7-3-2-6(4-9)5-12(7)8/h2-3,5H,1H3. The summed E-state index contributed by atoms with van der Waals surface area (Å²) in [6.07, 6.45) is 1.63. The van der Waals surface area contributed by atoms with Crippen molar-refractivity contribution in [2.75, 3.05) is 7.11 Å². The maximum Gasteiger partial charge on any atom is 0.321 e. The van der Waals surface area contributed by atoms with Crippen LogP contribution in [0.15, 0.2) is 18.3 Å². The van der Waals surface area contributed by atoms with Crippen molar-refractivity contribution in [1.29, 1.82) is 5.26 Å². The first kappa shape index (κ1) is 7.55. The maximum absolute atomic E-state index is 8.65. The Hall–Kier alpha value is -2.09. The molecule has 0 radical (unpaired) electrons. The molecular formula is C8H6N4O. The molecule has 2 aromatic rings. The number of rotatable bonds is 1. The van der Waals surface area contributed by atoms with Gasteiger partial charge in [0.05, 0.1) is 12.7 Å². The fourth-order valence-electron chi connectivity index (χ4n) is 1.08. The Kier molecular flexibility index (Phi) is 1.60. The first-order valence-electron chi connectivity index (χ1n) is 3.64. The number of hydrogen-bond acceptors (Lipinski definition) is 4. The van der Waals surface area contributed by atoms with Crippen LogP contribution >= 0.6 is 0 Å². The summed E-state index contributed by atoms with van der Waals surface area (Å²) in [5, 5.41) is 16.3. The molecule has 0 aliphatic carbocycles. The van der Waals surface area contributed by atoms with Gasteiger partial charge in [0.1, 0.15) is 6.07 Å². The summed E-state index contributed by atoms with van der Waals surface area (Å²) < 4.78 is 6.57. The second-order valence-corrected chi connectivity index (χ2v) is 2.44. The number of hydrogen-bond donors (Lipinski definition) is 0. The molecule has 64 valence electrons. The topological polar surface area (TPSA) is 63.2 Å². The van der Waals surface area contributed by atoms with Crippen molar-refractivity contribution in [2.45, 2.75) is 0 Å². The lowest BCUT2D eigenvalue weighted by molar-refractivity contribution is 0.375. The van der Waals surface area contributed by atoms with Crippen molar-refractivity contribution >= 4 is 5.65 Å². The molecule has 2 aromatic heterocycles. The van der Waals surface area contributed by atoms with Crippen LogP contribution in [0.2, 0.25) is 0 Å². The minimum absolute atomic E-state index is 0.382. The minimum Gasteiger partial charge on any atom is -0.467 e. The van der Waals surface area contributed by atoms with Crippen LogP contribution in [-0.2, 0) is 0 Å². The van der Waals surface area contributed by atoms with Crippen molar-refractivity contribution in [3.63, 3.8) is 0 Å². The van der Waals surface area contributed by atoms with E-state index in [4.69, 9.17) is 10.00 Å². The van der Waals surface area contributed by atoms with Crippen LogP contribution in [0, 0.1) is 11.3 Å². The Labute approximate surface area is 74.2 Å². The first-order chi connectivity index (χ1) is 6.35. The van der Waals surface area contributed by atoms with Gasteiger partial charge in [0.2, 0.25) is 0 Å². The number of fused-ring (bicyclic) bond motifs is 1. The zero-order chi connectivity index (χ0) is 9.26. The minimum atomic E-state index is 0.382. The SMILES string of the molecule is COc1nnc2ccc(C#N)cn12. The van der Waals surface area contributed by atoms with Crippen LogP contribution < -0.4 is 4.74 Å². The fourth-order valence-corrected chi connectivity index (χ4v) is 1.08. The Morgan fingerprint density at radius 1 is 1.46 bits per heavy atom. The predicted molar refractivity (Wildman–Crippen MR) is 44.3 cm³/mol. The molecular weight excluding hydrogens is 168 g/mol. The van der Waals surface area contributed by atoms with Crippen molar-refractivity contribution in [2.24, 2.45) is 0 Å². The van der Waals surface area contributed by atoms with E-state index < -0.39 is 0 Å². The van der Waals surface area contributed by atoms with E-state index in [-0.39, 0.29) is 0 Å². The molecule has 0 aromatic carbocycles. The largest absolute Gasteiger partial charge is 0.467 e. The van der Waals surface area contributed by atoms with Gasteiger partial charge in [-0.3, -0.25) is 4.40 Å². The second-order valence-electron chi connectivity index (χ2n) is 2.44. The van der Waals surface area contributed by atoms with Gasteiger partial charge in [-0.05, 0) is 12.1 Å². The fraction of sp³-hybridized carbons (Fsp3) is 0.125. The molecule has 0 aliphatic rings. The zero-order valence-electron chi connectivity index (χ0n) is 6.93. The Balaban J connectivity index is 2.73. The molecule has 0 fully saturated rings.